The lowest BCUT2D eigenvalue weighted by Crippen LogP contribution is -2.30. The van der Waals surface area contributed by atoms with Crippen LogP contribution >= 0.6 is 0 Å². The summed E-state index contributed by atoms with van der Waals surface area (Å²) in [6.45, 7) is 3.97. The Balaban J connectivity index is 1.90. The summed E-state index contributed by atoms with van der Waals surface area (Å²) in [5.41, 5.74) is 2.23. The molecule has 3 aromatic rings. The standard InChI is InChI=1S/C19H20N4O3/c1-3-13-7-9-14(10-8-13)21-16(24)12-23-17-15(6-5-11-20-17)22-18(19(23)25)26-4-2/h5-11H,3-4,12H2,1-2H3,(H,21,24). The molecule has 0 unspecified atom stereocenters. The second-order valence-electron chi connectivity index (χ2n) is 5.69. The number of nitrogens with one attached hydrogen (secondary N) is 1. The van der Waals surface area contributed by atoms with Gasteiger partial charge in [-0.25, -0.2) is 9.97 Å². The highest BCUT2D eigenvalue weighted by Crippen LogP contribution is 2.12. The summed E-state index contributed by atoms with van der Waals surface area (Å²) in [6.07, 6.45) is 2.49. The van der Waals surface area contributed by atoms with Crippen LogP contribution in [0.1, 0.15) is 19.4 Å². The van der Waals surface area contributed by atoms with Gasteiger partial charge >= 0.3 is 5.56 Å². The van der Waals surface area contributed by atoms with Crippen molar-refractivity contribution in [3.05, 3.63) is 58.5 Å². The van der Waals surface area contributed by atoms with E-state index < -0.39 is 5.56 Å². The Morgan fingerprint density at radius 1 is 1.19 bits per heavy atom. The zero-order chi connectivity index (χ0) is 18.5. The van der Waals surface area contributed by atoms with Gasteiger partial charge in [-0.2, -0.15) is 0 Å². The molecule has 0 radical (unpaired) electrons. The third-order valence-electron chi connectivity index (χ3n) is 3.90. The fraction of sp³-hybridized carbons (Fsp3) is 0.263. The van der Waals surface area contributed by atoms with Gasteiger partial charge in [-0.3, -0.25) is 14.2 Å². The summed E-state index contributed by atoms with van der Waals surface area (Å²) in [7, 11) is 0. The van der Waals surface area contributed by atoms with Gasteiger partial charge in [-0.15, -0.1) is 0 Å². The number of benzene rings is 1. The minimum absolute atomic E-state index is 0.0342. The normalized spacial score (nSPS) is 10.7. The molecule has 26 heavy (non-hydrogen) atoms. The maximum absolute atomic E-state index is 12.6. The highest BCUT2D eigenvalue weighted by Gasteiger charge is 2.15. The van der Waals surface area contributed by atoms with Crippen LogP contribution in [-0.4, -0.2) is 27.0 Å². The molecule has 3 rings (SSSR count). The van der Waals surface area contributed by atoms with Gasteiger partial charge in [-0.05, 0) is 43.2 Å². The first-order valence-corrected chi connectivity index (χ1v) is 8.49. The van der Waals surface area contributed by atoms with Crippen LogP contribution in [0.4, 0.5) is 5.69 Å². The van der Waals surface area contributed by atoms with Gasteiger partial charge in [0.1, 0.15) is 12.1 Å². The van der Waals surface area contributed by atoms with E-state index in [1.165, 1.54) is 10.1 Å². The van der Waals surface area contributed by atoms with Gasteiger partial charge in [0, 0.05) is 11.9 Å². The predicted molar refractivity (Wildman–Crippen MR) is 99.4 cm³/mol. The molecule has 0 bridgehead atoms. The Bertz CT molecular complexity index is 980. The van der Waals surface area contributed by atoms with E-state index in [2.05, 4.69) is 22.2 Å². The highest BCUT2D eigenvalue weighted by atomic mass is 16.5. The van der Waals surface area contributed by atoms with Crippen molar-refractivity contribution in [2.75, 3.05) is 11.9 Å². The van der Waals surface area contributed by atoms with E-state index in [9.17, 15) is 9.59 Å². The molecule has 1 aromatic carbocycles. The molecule has 0 fully saturated rings. The van der Waals surface area contributed by atoms with Gasteiger partial charge in [0.2, 0.25) is 5.91 Å². The van der Waals surface area contributed by atoms with Gasteiger partial charge in [-0.1, -0.05) is 19.1 Å². The summed E-state index contributed by atoms with van der Waals surface area (Å²) in [6, 6.07) is 11.0. The number of hydrogen-bond acceptors (Lipinski definition) is 5. The third kappa shape index (κ3) is 3.72. The third-order valence-corrected chi connectivity index (χ3v) is 3.90. The predicted octanol–water partition coefficient (Wildman–Crippen LogP) is 2.39. The Labute approximate surface area is 150 Å². The number of pyridine rings is 1. The summed E-state index contributed by atoms with van der Waals surface area (Å²) in [5, 5.41) is 2.80. The lowest BCUT2D eigenvalue weighted by atomic mass is 10.1. The second kappa shape index (κ2) is 7.77. The average molecular weight is 352 g/mol. The van der Waals surface area contributed by atoms with Crippen molar-refractivity contribution in [3.8, 4) is 5.88 Å². The fourth-order valence-corrected chi connectivity index (χ4v) is 2.60. The summed E-state index contributed by atoms with van der Waals surface area (Å²) < 4.78 is 6.59. The van der Waals surface area contributed by atoms with Crippen molar-refractivity contribution >= 4 is 22.8 Å². The molecule has 0 saturated heterocycles. The molecule has 7 heteroatoms. The van der Waals surface area contributed by atoms with E-state index in [-0.39, 0.29) is 18.3 Å². The molecule has 0 aliphatic rings. The number of rotatable bonds is 6. The van der Waals surface area contributed by atoms with E-state index in [1.54, 1.807) is 25.3 Å². The minimum Gasteiger partial charge on any atom is -0.474 e. The number of aromatic nitrogens is 3. The van der Waals surface area contributed by atoms with Crippen LogP contribution in [0.3, 0.4) is 0 Å². The van der Waals surface area contributed by atoms with Crippen LogP contribution in [0, 0.1) is 0 Å². The smallest absolute Gasteiger partial charge is 0.315 e. The molecule has 134 valence electrons. The summed E-state index contributed by atoms with van der Waals surface area (Å²) in [4.78, 5) is 33.4. The van der Waals surface area contributed by atoms with E-state index in [0.29, 0.717) is 23.5 Å². The average Bonchev–Trinajstić information content (AvgIpc) is 2.66. The molecule has 0 aliphatic carbocycles. The first-order valence-electron chi connectivity index (χ1n) is 8.49. The number of nitrogens with zero attached hydrogens (tertiary/aromatic N) is 3. The molecule has 0 atom stereocenters. The molecule has 1 amide bonds. The van der Waals surface area contributed by atoms with Gasteiger partial charge < -0.3 is 10.1 Å². The Hall–Kier alpha value is -3.22. The summed E-state index contributed by atoms with van der Waals surface area (Å²) >= 11 is 0. The van der Waals surface area contributed by atoms with Gasteiger partial charge in [0.25, 0.3) is 5.88 Å². The van der Waals surface area contributed by atoms with Crippen molar-refractivity contribution in [2.24, 2.45) is 0 Å². The van der Waals surface area contributed by atoms with Crippen LogP contribution < -0.4 is 15.6 Å². The molecule has 1 N–H and O–H groups in total. The van der Waals surface area contributed by atoms with E-state index in [4.69, 9.17) is 4.74 Å². The largest absolute Gasteiger partial charge is 0.474 e. The van der Waals surface area contributed by atoms with Gasteiger partial charge in [0.15, 0.2) is 5.65 Å². The zero-order valence-corrected chi connectivity index (χ0v) is 14.7. The van der Waals surface area contributed by atoms with E-state index in [0.717, 1.165) is 6.42 Å². The number of ether oxygens (including phenoxy) is 1. The quantitative estimate of drug-likeness (QED) is 0.736. The maximum atomic E-state index is 12.6. The number of carbonyl (C=O) groups is 1. The first kappa shape index (κ1) is 17.6. The van der Waals surface area contributed by atoms with Crippen molar-refractivity contribution < 1.29 is 9.53 Å². The second-order valence-corrected chi connectivity index (χ2v) is 5.69. The van der Waals surface area contributed by atoms with Crippen LogP contribution in [0.15, 0.2) is 47.4 Å². The molecular formula is C19H20N4O3. The van der Waals surface area contributed by atoms with E-state index in [1.807, 2.05) is 24.3 Å². The fourth-order valence-electron chi connectivity index (χ4n) is 2.60. The van der Waals surface area contributed by atoms with Crippen LogP contribution in [0.5, 0.6) is 5.88 Å². The zero-order valence-electron chi connectivity index (χ0n) is 14.7. The number of fused-ring (bicyclic) bond motifs is 1. The molecule has 2 heterocycles. The first-order chi connectivity index (χ1) is 12.6. The Kier molecular flexibility index (Phi) is 5.26. The monoisotopic (exact) mass is 352 g/mol. The number of hydrogen-bond donors (Lipinski definition) is 1. The van der Waals surface area contributed by atoms with Crippen LogP contribution in [0.2, 0.25) is 0 Å². The molecule has 0 aliphatic heterocycles. The van der Waals surface area contributed by atoms with Crippen LogP contribution in [0.25, 0.3) is 11.2 Å². The van der Waals surface area contributed by atoms with Crippen LogP contribution in [-0.2, 0) is 17.8 Å². The Morgan fingerprint density at radius 2 is 1.96 bits per heavy atom. The van der Waals surface area contributed by atoms with Gasteiger partial charge in [0.05, 0.1) is 6.61 Å². The lowest BCUT2D eigenvalue weighted by Gasteiger charge is -2.12. The van der Waals surface area contributed by atoms with Crippen molar-refractivity contribution in [1.29, 1.82) is 0 Å². The number of aryl methyl sites for hydroxylation is 1. The highest BCUT2D eigenvalue weighted by molar-refractivity contribution is 5.91. The maximum Gasteiger partial charge on any atom is 0.315 e. The Morgan fingerprint density at radius 3 is 2.65 bits per heavy atom. The lowest BCUT2D eigenvalue weighted by molar-refractivity contribution is -0.116. The molecule has 7 nitrogen and oxygen atoms in total. The van der Waals surface area contributed by atoms with E-state index >= 15 is 0 Å². The SMILES string of the molecule is CCOc1nc2cccnc2n(CC(=O)Nc2ccc(CC)cc2)c1=O. The number of carbonyl (C=O) groups excluding carboxylic acids is 1. The molecule has 0 saturated carbocycles. The minimum atomic E-state index is -0.477. The van der Waals surface area contributed by atoms with Crippen molar-refractivity contribution in [1.82, 2.24) is 14.5 Å². The topological polar surface area (TPSA) is 86.1 Å². The molecular weight excluding hydrogens is 332 g/mol. The summed E-state index contributed by atoms with van der Waals surface area (Å²) in [5.74, 6) is -0.356. The molecule has 0 spiro atoms. The van der Waals surface area contributed by atoms with Crippen molar-refractivity contribution in [2.45, 2.75) is 26.8 Å². The number of anilines is 1. The number of amides is 1. The van der Waals surface area contributed by atoms with Crippen molar-refractivity contribution in [3.63, 3.8) is 0 Å². The molecule has 2 aromatic heterocycles.